The Kier molecular flexibility index (Phi) is 3.48. The molecule has 1 saturated carbocycles. The van der Waals surface area contributed by atoms with Crippen molar-refractivity contribution < 1.29 is 4.79 Å². The van der Waals surface area contributed by atoms with Crippen LogP contribution in [-0.4, -0.2) is 47.9 Å². The van der Waals surface area contributed by atoms with Crippen molar-refractivity contribution in [2.24, 2.45) is 5.92 Å². The second kappa shape index (κ2) is 5.38. The van der Waals surface area contributed by atoms with Crippen LogP contribution in [0.25, 0.3) is 0 Å². The third-order valence-electron chi connectivity index (χ3n) is 6.08. The lowest BCUT2D eigenvalue weighted by Gasteiger charge is -2.46. The number of likely N-dealkylation sites (tertiary alicyclic amines) is 2. The van der Waals surface area contributed by atoms with Gasteiger partial charge in [-0.05, 0) is 43.7 Å². The topological polar surface area (TPSA) is 23.6 Å². The van der Waals surface area contributed by atoms with E-state index in [1.54, 1.807) is 6.92 Å². The van der Waals surface area contributed by atoms with E-state index in [0.29, 0.717) is 6.04 Å². The van der Waals surface area contributed by atoms with Crippen molar-refractivity contribution in [1.82, 2.24) is 9.80 Å². The Morgan fingerprint density at radius 3 is 2.59 bits per heavy atom. The zero-order valence-corrected chi connectivity index (χ0v) is 13.5. The summed E-state index contributed by atoms with van der Waals surface area (Å²) in [6.07, 6.45) is 5.12. The molecule has 3 fully saturated rings. The number of amides is 1. The van der Waals surface area contributed by atoms with Gasteiger partial charge in [-0.15, -0.1) is 0 Å². The molecule has 3 nitrogen and oxygen atoms in total. The van der Waals surface area contributed by atoms with Crippen molar-refractivity contribution in [1.29, 1.82) is 0 Å². The second-order valence-corrected chi connectivity index (χ2v) is 7.45. The molecule has 0 aromatic heterocycles. The van der Waals surface area contributed by atoms with Crippen LogP contribution in [0.15, 0.2) is 30.3 Å². The Balaban J connectivity index is 1.63. The van der Waals surface area contributed by atoms with Gasteiger partial charge < -0.3 is 9.80 Å². The summed E-state index contributed by atoms with van der Waals surface area (Å²) in [5.41, 5.74) is 1.63. The SMILES string of the molecule is CC(=O)N1CC[C@]2(c3ccccc3)CCN(CC3CC3)C[C@H]12. The lowest BCUT2D eigenvalue weighted by atomic mass is 9.69. The molecular formula is C19H26N2O. The Morgan fingerprint density at radius 1 is 1.18 bits per heavy atom. The third-order valence-corrected chi connectivity index (χ3v) is 6.08. The van der Waals surface area contributed by atoms with Gasteiger partial charge in [-0.1, -0.05) is 30.3 Å². The van der Waals surface area contributed by atoms with E-state index in [-0.39, 0.29) is 11.3 Å². The molecule has 3 aliphatic rings. The minimum Gasteiger partial charge on any atom is -0.338 e. The number of carbonyl (C=O) groups excluding carboxylic acids is 1. The lowest BCUT2D eigenvalue weighted by molar-refractivity contribution is -0.131. The summed E-state index contributed by atoms with van der Waals surface area (Å²) in [4.78, 5) is 16.9. The fourth-order valence-corrected chi connectivity index (χ4v) is 4.66. The van der Waals surface area contributed by atoms with Crippen LogP contribution in [0, 0.1) is 5.92 Å². The molecule has 1 aromatic carbocycles. The number of hydrogen-bond acceptors (Lipinski definition) is 2. The van der Waals surface area contributed by atoms with Crippen molar-refractivity contribution in [2.45, 2.75) is 44.1 Å². The van der Waals surface area contributed by atoms with Gasteiger partial charge in [0.15, 0.2) is 0 Å². The highest BCUT2D eigenvalue weighted by Gasteiger charge is 2.52. The summed E-state index contributed by atoms with van der Waals surface area (Å²) in [5.74, 6) is 1.17. The summed E-state index contributed by atoms with van der Waals surface area (Å²) >= 11 is 0. The first-order chi connectivity index (χ1) is 10.7. The van der Waals surface area contributed by atoms with Crippen molar-refractivity contribution in [3.63, 3.8) is 0 Å². The molecule has 1 amide bonds. The Morgan fingerprint density at radius 2 is 1.91 bits per heavy atom. The number of rotatable bonds is 3. The molecule has 2 saturated heterocycles. The number of benzene rings is 1. The van der Waals surface area contributed by atoms with E-state index in [9.17, 15) is 4.79 Å². The summed E-state index contributed by atoms with van der Waals surface area (Å²) in [7, 11) is 0. The largest absolute Gasteiger partial charge is 0.338 e. The van der Waals surface area contributed by atoms with Crippen molar-refractivity contribution in [2.75, 3.05) is 26.2 Å². The fourth-order valence-electron chi connectivity index (χ4n) is 4.66. The minimum absolute atomic E-state index is 0.187. The number of nitrogens with zero attached hydrogens (tertiary/aromatic N) is 2. The van der Waals surface area contributed by atoms with Gasteiger partial charge in [-0.25, -0.2) is 0 Å². The van der Waals surface area contributed by atoms with Crippen LogP contribution in [0.4, 0.5) is 0 Å². The first-order valence-corrected chi connectivity index (χ1v) is 8.74. The minimum atomic E-state index is 0.187. The average molecular weight is 298 g/mol. The van der Waals surface area contributed by atoms with Crippen LogP contribution in [0.2, 0.25) is 0 Å². The molecule has 0 N–H and O–H groups in total. The molecule has 0 spiro atoms. The van der Waals surface area contributed by atoms with E-state index in [1.807, 2.05) is 0 Å². The molecular weight excluding hydrogens is 272 g/mol. The van der Waals surface area contributed by atoms with Crippen LogP contribution >= 0.6 is 0 Å². The predicted molar refractivity (Wildman–Crippen MR) is 87.7 cm³/mol. The van der Waals surface area contributed by atoms with Gasteiger partial charge in [0, 0.05) is 32.0 Å². The first-order valence-electron chi connectivity index (χ1n) is 8.74. The number of piperidine rings is 1. The zero-order chi connectivity index (χ0) is 15.2. The molecule has 0 bridgehead atoms. The van der Waals surface area contributed by atoms with E-state index >= 15 is 0 Å². The fraction of sp³-hybridized carbons (Fsp3) is 0.632. The van der Waals surface area contributed by atoms with Crippen molar-refractivity contribution in [3.05, 3.63) is 35.9 Å². The van der Waals surface area contributed by atoms with Gasteiger partial charge in [0.05, 0.1) is 6.04 Å². The molecule has 0 radical (unpaired) electrons. The smallest absolute Gasteiger partial charge is 0.219 e. The summed E-state index contributed by atoms with van der Waals surface area (Å²) in [6.45, 7) is 6.15. The summed E-state index contributed by atoms with van der Waals surface area (Å²) < 4.78 is 0. The highest BCUT2D eigenvalue weighted by atomic mass is 16.2. The highest BCUT2D eigenvalue weighted by Crippen LogP contribution is 2.46. The van der Waals surface area contributed by atoms with Crippen LogP contribution in [0.1, 0.15) is 38.2 Å². The van der Waals surface area contributed by atoms with Crippen LogP contribution in [-0.2, 0) is 10.2 Å². The molecule has 0 unspecified atom stereocenters. The molecule has 1 aliphatic carbocycles. The van der Waals surface area contributed by atoms with Gasteiger partial charge in [0.25, 0.3) is 0 Å². The van der Waals surface area contributed by atoms with Crippen LogP contribution < -0.4 is 0 Å². The van der Waals surface area contributed by atoms with E-state index in [2.05, 4.69) is 40.1 Å². The monoisotopic (exact) mass is 298 g/mol. The average Bonchev–Trinajstić information content (AvgIpc) is 3.25. The quantitative estimate of drug-likeness (QED) is 0.856. The zero-order valence-electron chi connectivity index (χ0n) is 13.5. The lowest BCUT2D eigenvalue weighted by Crippen LogP contribution is -2.56. The van der Waals surface area contributed by atoms with Gasteiger partial charge in [0.1, 0.15) is 0 Å². The Hall–Kier alpha value is -1.35. The standard InChI is InChI=1S/C19H26N2O/c1-15(22)21-12-10-19(17-5-3-2-4-6-17)9-11-20(14-18(19)21)13-16-7-8-16/h2-6,16,18H,7-14H2,1H3/t18-,19-/m0/s1. The maximum absolute atomic E-state index is 12.1. The Labute approximate surface area is 133 Å². The van der Waals surface area contributed by atoms with E-state index in [0.717, 1.165) is 25.4 Å². The molecule has 1 aromatic rings. The van der Waals surface area contributed by atoms with Gasteiger partial charge in [-0.2, -0.15) is 0 Å². The number of hydrogen-bond donors (Lipinski definition) is 0. The summed E-state index contributed by atoms with van der Waals surface area (Å²) in [5, 5.41) is 0. The van der Waals surface area contributed by atoms with Gasteiger partial charge >= 0.3 is 0 Å². The maximum atomic E-state index is 12.1. The molecule has 2 atom stereocenters. The molecule has 118 valence electrons. The van der Waals surface area contributed by atoms with Gasteiger partial charge in [-0.3, -0.25) is 4.79 Å². The normalized spacial score (nSPS) is 32.0. The second-order valence-electron chi connectivity index (χ2n) is 7.45. The first kappa shape index (κ1) is 14.3. The van der Waals surface area contributed by atoms with Crippen LogP contribution in [0.3, 0.4) is 0 Å². The van der Waals surface area contributed by atoms with E-state index in [1.165, 1.54) is 37.9 Å². The summed E-state index contributed by atoms with van der Waals surface area (Å²) in [6, 6.07) is 11.3. The molecule has 22 heavy (non-hydrogen) atoms. The molecule has 3 heteroatoms. The van der Waals surface area contributed by atoms with Crippen LogP contribution in [0.5, 0.6) is 0 Å². The van der Waals surface area contributed by atoms with Crippen molar-refractivity contribution in [3.8, 4) is 0 Å². The molecule has 2 aliphatic heterocycles. The Bertz CT molecular complexity index is 554. The number of fused-ring (bicyclic) bond motifs is 1. The molecule has 2 heterocycles. The molecule has 4 rings (SSSR count). The van der Waals surface area contributed by atoms with Gasteiger partial charge in [0.2, 0.25) is 5.91 Å². The van der Waals surface area contributed by atoms with Crippen molar-refractivity contribution >= 4 is 5.91 Å². The van der Waals surface area contributed by atoms with E-state index < -0.39 is 0 Å². The third kappa shape index (κ3) is 2.36. The van der Waals surface area contributed by atoms with E-state index in [4.69, 9.17) is 0 Å². The highest BCUT2D eigenvalue weighted by molar-refractivity contribution is 5.74. The predicted octanol–water partition coefficient (Wildman–Crippen LogP) is 2.66. The maximum Gasteiger partial charge on any atom is 0.219 e. The number of carbonyl (C=O) groups is 1.